The van der Waals surface area contributed by atoms with Crippen LogP contribution in [-0.4, -0.2) is 11.5 Å². The van der Waals surface area contributed by atoms with Crippen molar-refractivity contribution >= 4 is 0 Å². The number of hydrogen-bond donors (Lipinski definition) is 1. The van der Waals surface area contributed by atoms with E-state index in [1.165, 1.54) is 11.1 Å². The molecule has 16 heavy (non-hydrogen) atoms. The van der Waals surface area contributed by atoms with Crippen LogP contribution in [0.25, 0.3) is 0 Å². The van der Waals surface area contributed by atoms with Gasteiger partial charge in [0, 0.05) is 11.9 Å². The molecule has 0 spiro atoms. The molecule has 0 amide bonds. The van der Waals surface area contributed by atoms with Gasteiger partial charge < -0.3 is 5.32 Å². The first kappa shape index (κ1) is 12.9. The third kappa shape index (κ3) is 3.78. The first-order chi connectivity index (χ1) is 7.65. The van der Waals surface area contributed by atoms with Crippen LogP contribution in [0.15, 0.2) is 30.0 Å². The van der Waals surface area contributed by atoms with Gasteiger partial charge in [0.05, 0.1) is 6.04 Å². The first-order valence-electron chi connectivity index (χ1n) is 5.95. The van der Waals surface area contributed by atoms with Crippen LogP contribution >= 0.6 is 0 Å². The van der Waals surface area contributed by atoms with Gasteiger partial charge in [-0.2, -0.15) is 0 Å². The molecule has 1 unspecified atom stereocenters. The molecule has 0 aliphatic heterocycles. The minimum absolute atomic E-state index is 0.290. The summed E-state index contributed by atoms with van der Waals surface area (Å²) in [6.07, 6.45) is 5.25. The first-order valence-corrected chi connectivity index (χ1v) is 5.95. The molecule has 0 saturated heterocycles. The summed E-state index contributed by atoms with van der Waals surface area (Å²) in [5, 5.41) is 3.54. The smallest absolute Gasteiger partial charge is 0.0526 e. The Labute approximate surface area is 98.8 Å². The summed E-state index contributed by atoms with van der Waals surface area (Å²) < 4.78 is 0. The van der Waals surface area contributed by atoms with E-state index in [4.69, 9.17) is 0 Å². The molecule has 88 valence electrons. The van der Waals surface area contributed by atoms with Crippen molar-refractivity contribution in [1.82, 2.24) is 10.3 Å². The van der Waals surface area contributed by atoms with E-state index in [0.717, 1.165) is 18.7 Å². The average Bonchev–Trinajstić information content (AvgIpc) is 2.24. The largest absolute Gasteiger partial charge is 0.307 e. The second-order valence-electron chi connectivity index (χ2n) is 4.35. The Hall–Kier alpha value is -1.15. The quantitative estimate of drug-likeness (QED) is 0.766. The molecule has 1 aromatic rings. The van der Waals surface area contributed by atoms with Gasteiger partial charge in [0.1, 0.15) is 0 Å². The lowest BCUT2D eigenvalue weighted by Crippen LogP contribution is -2.21. The number of aryl methyl sites for hydroxylation is 1. The van der Waals surface area contributed by atoms with Crippen LogP contribution in [0.2, 0.25) is 0 Å². The zero-order valence-electron chi connectivity index (χ0n) is 10.7. The number of rotatable bonds is 5. The lowest BCUT2D eigenvalue weighted by atomic mass is 10.0. The van der Waals surface area contributed by atoms with Crippen molar-refractivity contribution in [3.63, 3.8) is 0 Å². The molecule has 1 heterocycles. The van der Waals surface area contributed by atoms with E-state index in [2.05, 4.69) is 50.1 Å². The van der Waals surface area contributed by atoms with Crippen molar-refractivity contribution in [2.24, 2.45) is 0 Å². The predicted octanol–water partition coefficient (Wildman–Crippen LogP) is 3.40. The molecule has 1 aromatic heterocycles. The van der Waals surface area contributed by atoms with Gasteiger partial charge in [-0.15, -0.1) is 0 Å². The molecular formula is C14H22N2. The zero-order chi connectivity index (χ0) is 12.0. The molecule has 1 rings (SSSR count). The normalized spacial score (nSPS) is 12.2. The molecule has 0 bridgehead atoms. The fourth-order valence-electron chi connectivity index (χ4n) is 1.72. The second kappa shape index (κ2) is 6.44. The zero-order valence-corrected chi connectivity index (χ0v) is 10.7. The Kier molecular flexibility index (Phi) is 5.20. The van der Waals surface area contributed by atoms with E-state index >= 15 is 0 Å². The summed E-state index contributed by atoms with van der Waals surface area (Å²) in [5.41, 5.74) is 3.71. The maximum absolute atomic E-state index is 4.35. The minimum atomic E-state index is 0.290. The second-order valence-corrected chi connectivity index (χ2v) is 4.35. The third-order valence-corrected chi connectivity index (χ3v) is 2.50. The van der Waals surface area contributed by atoms with Crippen molar-refractivity contribution in [1.29, 1.82) is 0 Å². The van der Waals surface area contributed by atoms with E-state index < -0.39 is 0 Å². The monoisotopic (exact) mass is 218 g/mol. The van der Waals surface area contributed by atoms with E-state index in [1.54, 1.807) is 0 Å². The molecule has 0 aromatic carbocycles. The molecule has 0 saturated carbocycles. The van der Waals surface area contributed by atoms with Gasteiger partial charge >= 0.3 is 0 Å². The third-order valence-electron chi connectivity index (χ3n) is 2.50. The van der Waals surface area contributed by atoms with E-state index in [9.17, 15) is 0 Å². The lowest BCUT2D eigenvalue weighted by molar-refractivity contribution is 0.605. The van der Waals surface area contributed by atoms with Crippen molar-refractivity contribution in [2.45, 2.75) is 40.2 Å². The Morgan fingerprint density at radius 1 is 1.50 bits per heavy atom. The van der Waals surface area contributed by atoms with Gasteiger partial charge in [0.15, 0.2) is 0 Å². The Bertz CT molecular complexity index is 352. The summed E-state index contributed by atoms with van der Waals surface area (Å²) in [6, 6.07) is 4.44. The fraction of sp³-hybridized carbons (Fsp3) is 0.500. The highest BCUT2D eigenvalue weighted by Crippen LogP contribution is 2.18. The summed E-state index contributed by atoms with van der Waals surface area (Å²) in [4.78, 5) is 4.35. The molecule has 0 radical (unpaired) electrons. The van der Waals surface area contributed by atoms with Crippen LogP contribution < -0.4 is 5.32 Å². The van der Waals surface area contributed by atoms with E-state index in [-0.39, 0.29) is 0 Å². The SMILES string of the molecule is CCCNC(C=C(C)C)c1cccnc1C. The average molecular weight is 218 g/mol. The molecular weight excluding hydrogens is 196 g/mol. The molecule has 1 atom stereocenters. The maximum atomic E-state index is 4.35. The van der Waals surface area contributed by atoms with Gasteiger partial charge in [0.2, 0.25) is 0 Å². The standard InChI is InChI=1S/C14H22N2/c1-5-8-16-14(10-11(2)3)13-7-6-9-15-12(13)4/h6-7,9-10,14,16H,5,8H2,1-4H3. The van der Waals surface area contributed by atoms with Crippen molar-refractivity contribution in [2.75, 3.05) is 6.54 Å². The lowest BCUT2D eigenvalue weighted by Gasteiger charge is -2.17. The summed E-state index contributed by atoms with van der Waals surface area (Å²) in [6.45, 7) is 9.54. The number of hydrogen-bond acceptors (Lipinski definition) is 2. The number of pyridine rings is 1. The Balaban J connectivity index is 2.92. The van der Waals surface area contributed by atoms with Crippen molar-refractivity contribution < 1.29 is 0 Å². The highest BCUT2D eigenvalue weighted by molar-refractivity contribution is 5.27. The molecule has 1 N–H and O–H groups in total. The molecule has 0 aliphatic carbocycles. The molecule has 2 nitrogen and oxygen atoms in total. The van der Waals surface area contributed by atoms with E-state index in [1.807, 2.05) is 12.3 Å². The minimum Gasteiger partial charge on any atom is -0.307 e. The summed E-state index contributed by atoms with van der Waals surface area (Å²) in [5.74, 6) is 0. The highest BCUT2D eigenvalue weighted by Gasteiger charge is 2.10. The molecule has 2 heteroatoms. The highest BCUT2D eigenvalue weighted by atomic mass is 14.9. The van der Waals surface area contributed by atoms with Gasteiger partial charge in [-0.05, 0) is 45.4 Å². The van der Waals surface area contributed by atoms with Crippen LogP contribution in [0.3, 0.4) is 0 Å². The topological polar surface area (TPSA) is 24.9 Å². The van der Waals surface area contributed by atoms with E-state index in [0.29, 0.717) is 6.04 Å². The summed E-state index contributed by atoms with van der Waals surface area (Å²) in [7, 11) is 0. The van der Waals surface area contributed by atoms with Gasteiger partial charge in [-0.25, -0.2) is 0 Å². The number of allylic oxidation sites excluding steroid dienone is 1. The Morgan fingerprint density at radius 2 is 2.25 bits per heavy atom. The van der Waals surface area contributed by atoms with Crippen LogP contribution in [0.4, 0.5) is 0 Å². The van der Waals surface area contributed by atoms with Crippen LogP contribution in [0.1, 0.15) is 44.5 Å². The van der Waals surface area contributed by atoms with Gasteiger partial charge in [-0.1, -0.05) is 24.6 Å². The van der Waals surface area contributed by atoms with Crippen molar-refractivity contribution in [3.8, 4) is 0 Å². The number of nitrogens with zero attached hydrogens (tertiary/aromatic N) is 1. The summed E-state index contributed by atoms with van der Waals surface area (Å²) >= 11 is 0. The number of aromatic nitrogens is 1. The molecule has 0 aliphatic rings. The van der Waals surface area contributed by atoms with Gasteiger partial charge in [0.25, 0.3) is 0 Å². The van der Waals surface area contributed by atoms with Crippen molar-refractivity contribution in [3.05, 3.63) is 41.2 Å². The number of nitrogens with one attached hydrogen (secondary N) is 1. The van der Waals surface area contributed by atoms with Crippen LogP contribution in [-0.2, 0) is 0 Å². The van der Waals surface area contributed by atoms with Crippen LogP contribution in [0.5, 0.6) is 0 Å². The predicted molar refractivity (Wildman–Crippen MR) is 69.4 cm³/mol. The maximum Gasteiger partial charge on any atom is 0.0526 e. The Morgan fingerprint density at radius 3 is 2.81 bits per heavy atom. The molecule has 0 fully saturated rings. The van der Waals surface area contributed by atoms with Crippen LogP contribution in [0, 0.1) is 6.92 Å². The fourth-order valence-corrected chi connectivity index (χ4v) is 1.72. The van der Waals surface area contributed by atoms with Gasteiger partial charge in [-0.3, -0.25) is 4.98 Å².